The maximum Gasteiger partial charge on any atom is 0.337 e. The molecule has 0 bridgehead atoms. The third-order valence-electron chi connectivity index (χ3n) is 3.78. The van der Waals surface area contributed by atoms with Gasteiger partial charge in [-0.15, -0.1) is 0 Å². The van der Waals surface area contributed by atoms with Gasteiger partial charge < -0.3 is 14.6 Å². The van der Waals surface area contributed by atoms with Crippen LogP contribution in [0, 0.1) is 5.82 Å². The van der Waals surface area contributed by atoms with E-state index < -0.39 is 5.97 Å². The topological polar surface area (TPSA) is 60.3 Å². The van der Waals surface area contributed by atoms with Gasteiger partial charge in [-0.25, -0.2) is 9.18 Å². The highest BCUT2D eigenvalue weighted by Gasteiger charge is 2.15. The molecule has 1 amide bonds. The number of hydrogen-bond donors (Lipinski definition) is 1. The Morgan fingerprint density at radius 3 is 2.67 bits per heavy atom. The molecule has 0 aliphatic carbocycles. The molecule has 0 unspecified atom stereocenters. The van der Waals surface area contributed by atoms with Crippen molar-refractivity contribution in [3.05, 3.63) is 65.6 Å². The van der Waals surface area contributed by atoms with E-state index >= 15 is 0 Å². The molecule has 1 aromatic heterocycles. The van der Waals surface area contributed by atoms with Gasteiger partial charge in [0.1, 0.15) is 11.5 Å². The molecule has 3 aromatic rings. The Morgan fingerprint density at radius 1 is 1.12 bits per heavy atom. The minimum absolute atomic E-state index is 0.342. The van der Waals surface area contributed by atoms with Crippen molar-refractivity contribution in [2.45, 2.75) is 0 Å². The van der Waals surface area contributed by atoms with Crippen molar-refractivity contribution in [2.75, 3.05) is 12.4 Å². The normalized spacial score (nSPS) is 10.6. The minimum atomic E-state index is -0.480. The molecule has 0 saturated heterocycles. The zero-order chi connectivity index (χ0) is 17.3. The van der Waals surface area contributed by atoms with E-state index in [0.717, 1.165) is 5.39 Å². The van der Waals surface area contributed by atoms with Crippen molar-refractivity contribution in [1.82, 2.24) is 4.57 Å². The minimum Gasteiger partial charge on any atom is -0.465 e. The Balaban J connectivity index is 1.90. The van der Waals surface area contributed by atoms with E-state index in [2.05, 4.69) is 10.1 Å². The molecular formula is C18H15FN2O3. The molecule has 5 nitrogen and oxygen atoms in total. The lowest BCUT2D eigenvalue weighted by Gasteiger charge is -2.08. The Morgan fingerprint density at radius 2 is 1.92 bits per heavy atom. The summed E-state index contributed by atoms with van der Waals surface area (Å²) in [4.78, 5) is 24.0. The van der Waals surface area contributed by atoms with Gasteiger partial charge in [0.15, 0.2) is 0 Å². The first-order valence-electron chi connectivity index (χ1n) is 7.24. The number of aromatic nitrogens is 1. The van der Waals surface area contributed by atoms with Crippen LogP contribution < -0.4 is 5.32 Å². The Hall–Kier alpha value is -3.15. The number of rotatable bonds is 3. The van der Waals surface area contributed by atoms with Crippen LogP contribution >= 0.6 is 0 Å². The van der Waals surface area contributed by atoms with E-state index in [1.807, 2.05) is 0 Å². The van der Waals surface area contributed by atoms with Gasteiger partial charge in [-0.3, -0.25) is 4.79 Å². The quantitative estimate of drug-likeness (QED) is 0.751. The van der Waals surface area contributed by atoms with Crippen molar-refractivity contribution in [2.24, 2.45) is 7.05 Å². The van der Waals surface area contributed by atoms with Gasteiger partial charge in [0, 0.05) is 18.1 Å². The maximum atomic E-state index is 13.4. The smallest absolute Gasteiger partial charge is 0.337 e. The molecule has 0 atom stereocenters. The van der Waals surface area contributed by atoms with Crippen LogP contribution in [0.5, 0.6) is 0 Å². The fourth-order valence-corrected chi connectivity index (χ4v) is 2.56. The second kappa shape index (κ2) is 6.16. The summed E-state index contributed by atoms with van der Waals surface area (Å²) in [6.07, 6.45) is 0. The molecule has 24 heavy (non-hydrogen) atoms. The molecule has 0 spiro atoms. The van der Waals surface area contributed by atoms with Gasteiger partial charge in [-0.05, 0) is 42.5 Å². The number of carbonyl (C=O) groups excluding carboxylic acids is 2. The first-order chi connectivity index (χ1) is 11.5. The van der Waals surface area contributed by atoms with Gasteiger partial charge in [-0.2, -0.15) is 0 Å². The Labute approximate surface area is 137 Å². The highest BCUT2D eigenvalue weighted by Crippen LogP contribution is 2.21. The van der Waals surface area contributed by atoms with Crippen molar-refractivity contribution in [3.63, 3.8) is 0 Å². The van der Waals surface area contributed by atoms with Crippen LogP contribution in [0.4, 0.5) is 10.1 Å². The summed E-state index contributed by atoms with van der Waals surface area (Å²) in [6, 6.07) is 12.5. The lowest BCUT2D eigenvalue weighted by atomic mass is 10.2. The monoisotopic (exact) mass is 326 g/mol. The molecule has 3 rings (SSSR count). The Kier molecular flexibility index (Phi) is 4.04. The van der Waals surface area contributed by atoms with E-state index in [0.29, 0.717) is 22.5 Å². The van der Waals surface area contributed by atoms with Crippen LogP contribution in [-0.2, 0) is 11.8 Å². The predicted molar refractivity (Wildman–Crippen MR) is 88.6 cm³/mol. The number of esters is 1. The fourth-order valence-electron chi connectivity index (χ4n) is 2.56. The average molecular weight is 326 g/mol. The van der Waals surface area contributed by atoms with Crippen LogP contribution in [-0.4, -0.2) is 23.6 Å². The SMILES string of the molecule is COC(=O)c1cccc(NC(=O)c2cc3ccc(F)cc3n2C)c1. The standard InChI is InChI=1S/C18H15FN2O3/c1-21-15-10-13(19)7-6-11(15)9-16(21)17(22)20-14-5-3-4-12(8-14)18(23)24-2/h3-10H,1-2H3,(H,20,22). The number of nitrogens with zero attached hydrogens (tertiary/aromatic N) is 1. The van der Waals surface area contributed by atoms with Crippen LogP contribution in [0.15, 0.2) is 48.5 Å². The predicted octanol–water partition coefficient (Wildman–Crippen LogP) is 3.36. The van der Waals surface area contributed by atoms with E-state index in [9.17, 15) is 14.0 Å². The van der Waals surface area contributed by atoms with Crippen LogP contribution in [0.1, 0.15) is 20.8 Å². The molecule has 2 aromatic carbocycles. The second-order valence-electron chi connectivity index (χ2n) is 5.32. The summed E-state index contributed by atoms with van der Waals surface area (Å²) in [7, 11) is 2.99. The van der Waals surface area contributed by atoms with Gasteiger partial charge in [0.2, 0.25) is 0 Å². The van der Waals surface area contributed by atoms with Gasteiger partial charge in [0.05, 0.1) is 18.2 Å². The number of fused-ring (bicyclic) bond motifs is 1. The van der Waals surface area contributed by atoms with Crippen LogP contribution in [0.2, 0.25) is 0 Å². The maximum absolute atomic E-state index is 13.4. The summed E-state index contributed by atoms with van der Waals surface area (Å²) in [6.45, 7) is 0. The lowest BCUT2D eigenvalue weighted by Crippen LogP contribution is -2.16. The molecule has 0 fully saturated rings. The summed E-state index contributed by atoms with van der Waals surface area (Å²) in [5, 5.41) is 3.50. The van der Waals surface area contributed by atoms with Crippen LogP contribution in [0.3, 0.4) is 0 Å². The molecule has 0 aliphatic rings. The lowest BCUT2D eigenvalue weighted by molar-refractivity contribution is 0.0600. The van der Waals surface area contributed by atoms with Crippen molar-refractivity contribution >= 4 is 28.5 Å². The molecule has 6 heteroatoms. The van der Waals surface area contributed by atoms with E-state index in [-0.39, 0.29) is 11.7 Å². The third kappa shape index (κ3) is 2.86. The largest absolute Gasteiger partial charge is 0.465 e. The number of anilines is 1. The van der Waals surface area contributed by atoms with Gasteiger partial charge >= 0.3 is 5.97 Å². The highest BCUT2D eigenvalue weighted by molar-refractivity contribution is 6.06. The number of carbonyl (C=O) groups is 2. The first-order valence-corrected chi connectivity index (χ1v) is 7.24. The molecule has 1 heterocycles. The summed E-state index contributed by atoms with van der Waals surface area (Å²) in [5.41, 5.74) is 1.83. The molecule has 122 valence electrons. The zero-order valence-corrected chi connectivity index (χ0v) is 13.2. The molecule has 0 radical (unpaired) electrons. The average Bonchev–Trinajstić information content (AvgIpc) is 2.91. The molecule has 1 N–H and O–H groups in total. The number of nitrogens with one attached hydrogen (secondary N) is 1. The third-order valence-corrected chi connectivity index (χ3v) is 3.78. The second-order valence-corrected chi connectivity index (χ2v) is 5.32. The van der Waals surface area contributed by atoms with Gasteiger partial charge in [0.25, 0.3) is 5.91 Å². The first kappa shape index (κ1) is 15.7. The molecular weight excluding hydrogens is 311 g/mol. The van der Waals surface area contributed by atoms with E-state index in [1.165, 1.54) is 25.3 Å². The van der Waals surface area contributed by atoms with E-state index in [1.54, 1.807) is 41.9 Å². The number of benzene rings is 2. The number of hydrogen-bond acceptors (Lipinski definition) is 3. The summed E-state index contributed by atoms with van der Waals surface area (Å²) in [5.74, 6) is -1.19. The van der Waals surface area contributed by atoms with Crippen LogP contribution in [0.25, 0.3) is 10.9 Å². The van der Waals surface area contributed by atoms with E-state index in [4.69, 9.17) is 0 Å². The van der Waals surface area contributed by atoms with Gasteiger partial charge in [-0.1, -0.05) is 6.07 Å². The summed E-state index contributed by atoms with van der Waals surface area (Å²) >= 11 is 0. The number of halogens is 1. The molecule has 0 aliphatic heterocycles. The zero-order valence-electron chi connectivity index (χ0n) is 13.2. The highest BCUT2D eigenvalue weighted by atomic mass is 19.1. The summed E-state index contributed by atoms with van der Waals surface area (Å²) < 4.78 is 19.7. The number of methoxy groups -OCH3 is 1. The van der Waals surface area contributed by atoms with Crippen molar-refractivity contribution in [1.29, 1.82) is 0 Å². The van der Waals surface area contributed by atoms with Crippen molar-refractivity contribution < 1.29 is 18.7 Å². The number of amides is 1. The molecule has 0 saturated carbocycles. The Bertz CT molecular complexity index is 947. The number of ether oxygens (including phenoxy) is 1. The van der Waals surface area contributed by atoms with Crippen molar-refractivity contribution in [3.8, 4) is 0 Å². The number of aryl methyl sites for hydroxylation is 1. The fraction of sp³-hybridized carbons (Fsp3) is 0.111.